The number of hydrogen-bond acceptors (Lipinski definition) is 5. The van der Waals surface area contributed by atoms with Crippen molar-refractivity contribution in [1.82, 2.24) is 15.1 Å². The Morgan fingerprint density at radius 3 is 2.48 bits per heavy atom. The predicted octanol–water partition coefficient (Wildman–Crippen LogP) is 2.13. The van der Waals surface area contributed by atoms with Crippen molar-refractivity contribution in [1.29, 1.82) is 0 Å². The lowest BCUT2D eigenvalue weighted by Crippen LogP contribution is -2.55. The molecule has 0 spiro atoms. The van der Waals surface area contributed by atoms with E-state index < -0.39 is 4.92 Å². The summed E-state index contributed by atoms with van der Waals surface area (Å²) >= 11 is 0. The summed E-state index contributed by atoms with van der Waals surface area (Å²) in [5.74, 6) is 3.04. The molecule has 1 aromatic rings. The molecule has 8 nitrogen and oxygen atoms in total. The Morgan fingerprint density at radius 1 is 1.32 bits per heavy atom. The van der Waals surface area contributed by atoms with Crippen LogP contribution in [0, 0.1) is 33.8 Å². The molecule has 1 aromatic heterocycles. The van der Waals surface area contributed by atoms with Crippen molar-refractivity contribution in [2.45, 2.75) is 51.1 Å². The van der Waals surface area contributed by atoms with E-state index in [1.807, 2.05) is 0 Å². The number of ether oxygens (including phenoxy) is 1. The number of methoxy groups -OCH3 is 1. The Labute approximate surface area is 146 Å². The molecule has 0 radical (unpaired) electrons. The minimum Gasteiger partial charge on any atom is -0.475 e. The van der Waals surface area contributed by atoms with Crippen molar-refractivity contribution in [2.75, 3.05) is 7.11 Å². The lowest BCUT2D eigenvalue weighted by molar-refractivity contribution is -0.385. The standard InChI is InChI=1S/C17H24N4O4/c1-25-17-14(21(23)24)9-20(19-17)3-2-15(22)18-16-12-5-10-4-11(7-12)8-13(16)6-10/h9-13,16H,2-8H2,1H3,(H,18,22). The van der Waals surface area contributed by atoms with Crippen molar-refractivity contribution < 1.29 is 14.5 Å². The lowest BCUT2D eigenvalue weighted by atomic mass is 9.54. The Morgan fingerprint density at radius 2 is 1.96 bits per heavy atom. The molecule has 8 heteroatoms. The van der Waals surface area contributed by atoms with E-state index in [1.54, 1.807) is 0 Å². The third-order valence-corrected chi connectivity index (χ3v) is 6.22. The molecule has 0 aromatic carbocycles. The molecule has 25 heavy (non-hydrogen) atoms. The fourth-order valence-electron chi connectivity index (χ4n) is 5.41. The van der Waals surface area contributed by atoms with E-state index in [4.69, 9.17) is 4.74 Å². The number of hydrogen-bond donors (Lipinski definition) is 1. The van der Waals surface area contributed by atoms with Crippen LogP contribution in [0.3, 0.4) is 0 Å². The van der Waals surface area contributed by atoms with Crippen LogP contribution in [0.25, 0.3) is 0 Å². The van der Waals surface area contributed by atoms with Gasteiger partial charge < -0.3 is 10.1 Å². The first-order chi connectivity index (χ1) is 12.0. The second-order valence-corrected chi connectivity index (χ2v) is 7.82. The highest BCUT2D eigenvalue weighted by Gasteiger charge is 2.48. The molecule has 0 unspecified atom stereocenters. The minimum atomic E-state index is -0.531. The summed E-state index contributed by atoms with van der Waals surface area (Å²) in [5.41, 5.74) is -0.177. The van der Waals surface area contributed by atoms with Gasteiger partial charge in [0.1, 0.15) is 6.20 Å². The van der Waals surface area contributed by atoms with Crippen LogP contribution in [0.5, 0.6) is 5.88 Å². The van der Waals surface area contributed by atoms with Gasteiger partial charge in [-0.25, -0.2) is 0 Å². The van der Waals surface area contributed by atoms with Crippen LogP contribution >= 0.6 is 0 Å². The number of aryl methyl sites for hydroxylation is 1. The van der Waals surface area contributed by atoms with Gasteiger partial charge in [0.15, 0.2) is 0 Å². The minimum absolute atomic E-state index is 0.00888. The first-order valence-corrected chi connectivity index (χ1v) is 9.08. The summed E-state index contributed by atoms with van der Waals surface area (Å²) in [4.78, 5) is 22.8. The lowest BCUT2D eigenvalue weighted by Gasteiger charge is -2.54. The van der Waals surface area contributed by atoms with Crippen LogP contribution in [0.2, 0.25) is 0 Å². The zero-order valence-electron chi connectivity index (χ0n) is 14.4. The third kappa shape index (κ3) is 3.09. The molecule has 4 aliphatic carbocycles. The van der Waals surface area contributed by atoms with Crippen molar-refractivity contribution in [3.63, 3.8) is 0 Å². The number of rotatable bonds is 6. The van der Waals surface area contributed by atoms with Gasteiger partial charge in [0.2, 0.25) is 5.91 Å². The average molecular weight is 348 g/mol. The van der Waals surface area contributed by atoms with Crippen molar-refractivity contribution in [3.8, 4) is 5.88 Å². The molecule has 4 aliphatic rings. The van der Waals surface area contributed by atoms with Crippen LogP contribution in [0.1, 0.15) is 38.5 Å². The molecule has 0 atom stereocenters. The van der Waals surface area contributed by atoms with Crippen LogP contribution < -0.4 is 10.1 Å². The smallest absolute Gasteiger partial charge is 0.350 e. The number of amides is 1. The SMILES string of the molecule is COc1nn(CCC(=O)NC2C3CC4CC(C3)CC2C4)cc1[N+](=O)[O-]. The summed E-state index contributed by atoms with van der Waals surface area (Å²) in [6.45, 7) is 0.309. The van der Waals surface area contributed by atoms with E-state index in [9.17, 15) is 14.9 Å². The Balaban J connectivity index is 1.33. The number of nitrogens with zero attached hydrogens (tertiary/aromatic N) is 3. The number of nitro groups is 1. The van der Waals surface area contributed by atoms with E-state index in [0.29, 0.717) is 24.4 Å². The van der Waals surface area contributed by atoms with Gasteiger partial charge in [0.05, 0.1) is 18.6 Å². The topological polar surface area (TPSA) is 99.3 Å². The van der Waals surface area contributed by atoms with Gasteiger partial charge in [-0.05, 0) is 55.8 Å². The molecule has 5 rings (SSSR count). The Kier molecular flexibility index (Phi) is 4.13. The van der Waals surface area contributed by atoms with Gasteiger partial charge >= 0.3 is 11.6 Å². The van der Waals surface area contributed by atoms with Gasteiger partial charge in [-0.3, -0.25) is 19.6 Å². The quantitative estimate of drug-likeness (QED) is 0.627. The third-order valence-electron chi connectivity index (χ3n) is 6.22. The largest absolute Gasteiger partial charge is 0.475 e. The number of carbonyl (C=O) groups excluding carboxylic acids is 1. The zero-order chi connectivity index (χ0) is 17.6. The molecular formula is C17H24N4O4. The van der Waals surface area contributed by atoms with E-state index in [2.05, 4.69) is 10.4 Å². The van der Waals surface area contributed by atoms with Crippen LogP contribution in [0.15, 0.2) is 6.20 Å². The highest BCUT2D eigenvalue weighted by Crippen LogP contribution is 2.53. The molecule has 4 saturated carbocycles. The summed E-state index contributed by atoms with van der Waals surface area (Å²) in [5, 5.41) is 18.2. The normalized spacial score (nSPS) is 32.6. The molecule has 1 N–H and O–H groups in total. The van der Waals surface area contributed by atoms with Crippen molar-refractivity contribution in [2.24, 2.45) is 23.7 Å². The van der Waals surface area contributed by atoms with Crippen molar-refractivity contribution >= 4 is 11.6 Å². The molecule has 0 saturated heterocycles. The molecular weight excluding hydrogens is 324 g/mol. The van der Waals surface area contributed by atoms with Crippen LogP contribution in [0.4, 0.5) is 5.69 Å². The first-order valence-electron chi connectivity index (χ1n) is 9.08. The number of nitrogens with one attached hydrogen (secondary N) is 1. The Hall–Kier alpha value is -2.12. The number of carbonyl (C=O) groups is 1. The van der Waals surface area contributed by atoms with Crippen LogP contribution in [-0.4, -0.2) is 33.8 Å². The van der Waals surface area contributed by atoms with Crippen LogP contribution in [-0.2, 0) is 11.3 Å². The fourth-order valence-corrected chi connectivity index (χ4v) is 5.41. The van der Waals surface area contributed by atoms with E-state index in [0.717, 1.165) is 11.8 Å². The maximum absolute atomic E-state index is 12.4. The molecule has 0 aliphatic heterocycles. The Bertz CT molecular complexity index is 658. The molecule has 1 heterocycles. The predicted molar refractivity (Wildman–Crippen MR) is 89.0 cm³/mol. The monoisotopic (exact) mass is 348 g/mol. The molecule has 4 fully saturated rings. The zero-order valence-corrected chi connectivity index (χ0v) is 14.4. The summed E-state index contributed by atoms with van der Waals surface area (Å²) < 4.78 is 6.32. The van der Waals surface area contributed by atoms with E-state index in [-0.39, 0.29) is 23.9 Å². The van der Waals surface area contributed by atoms with Gasteiger partial charge in [0, 0.05) is 12.5 Å². The van der Waals surface area contributed by atoms with Gasteiger partial charge in [-0.1, -0.05) is 0 Å². The van der Waals surface area contributed by atoms with Gasteiger partial charge in [-0.15, -0.1) is 5.10 Å². The maximum atomic E-state index is 12.4. The summed E-state index contributed by atoms with van der Waals surface area (Å²) in [6, 6.07) is 0.321. The molecule has 4 bridgehead atoms. The van der Waals surface area contributed by atoms with E-state index >= 15 is 0 Å². The van der Waals surface area contributed by atoms with E-state index in [1.165, 1.54) is 50.1 Å². The second kappa shape index (κ2) is 6.31. The van der Waals surface area contributed by atoms with Gasteiger partial charge in [0.25, 0.3) is 0 Å². The highest BCUT2D eigenvalue weighted by molar-refractivity contribution is 5.76. The second-order valence-electron chi connectivity index (χ2n) is 7.82. The molecule has 136 valence electrons. The summed E-state index contributed by atoms with van der Waals surface area (Å²) in [6.07, 6.45) is 8.04. The maximum Gasteiger partial charge on any atom is 0.350 e. The fraction of sp³-hybridized carbons (Fsp3) is 0.765. The molecule has 1 amide bonds. The first kappa shape index (κ1) is 16.4. The van der Waals surface area contributed by atoms with Gasteiger partial charge in [-0.2, -0.15) is 0 Å². The van der Waals surface area contributed by atoms with Crippen molar-refractivity contribution in [3.05, 3.63) is 16.3 Å². The summed E-state index contributed by atoms with van der Waals surface area (Å²) in [7, 11) is 1.35. The number of aromatic nitrogens is 2. The average Bonchev–Trinajstić information content (AvgIpc) is 2.99. The highest BCUT2D eigenvalue weighted by atomic mass is 16.6.